The zero-order valence-corrected chi connectivity index (χ0v) is 18.3. The van der Waals surface area contributed by atoms with Crippen LogP contribution in [0.5, 0.6) is 0 Å². The third kappa shape index (κ3) is 4.63. The lowest BCUT2D eigenvalue weighted by Gasteiger charge is -2.23. The van der Waals surface area contributed by atoms with Crippen LogP contribution in [0.4, 0.5) is 4.39 Å². The summed E-state index contributed by atoms with van der Waals surface area (Å²) in [4.78, 5) is 0. The SMILES string of the molecule is Fc1cc(C(c2ccccc2)c2ccccc2)cc(C(c2ccccc2)c2ccccc2)c1. The molecule has 1 heteroatoms. The average molecular weight is 429 g/mol. The predicted molar refractivity (Wildman–Crippen MR) is 134 cm³/mol. The third-order valence-corrected chi connectivity index (χ3v) is 6.14. The van der Waals surface area contributed by atoms with Crippen molar-refractivity contribution >= 4 is 0 Å². The minimum Gasteiger partial charge on any atom is -0.207 e. The molecule has 0 aromatic heterocycles. The van der Waals surface area contributed by atoms with Crippen LogP contribution in [0.15, 0.2) is 140 Å². The van der Waals surface area contributed by atoms with Gasteiger partial charge < -0.3 is 0 Å². The summed E-state index contributed by atoms with van der Waals surface area (Å²) in [6.45, 7) is 0. The Balaban J connectivity index is 1.69. The molecule has 0 saturated heterocycles. The highest BCUT2D eigenvalue weighted by molar-refractivity contribution is 5.49. The molecule has 5 aromatic carbocycles. The van der Waals surface area contributed by atoms with Gasteiger partial charge in [-0.1, -0.05) is 127 Å². The van der Waals surface area contributed by atoms with Crippen LogP contribution in [0.1, 0.15) is 45.2 Å². The lowest BCUT2D eigenvalue weighted by molar-refractivity contribution is 0.621. The topological polar surface area (TPSA) is 0 Å². The Morgan fingerprint density at radius 2 is 0.606 bits per heavy atom. The second-order valence-electron chi connectivity index (χ2n) is 8.33. The van der Waals surface area contributed by atoms with E-state index in [1.807, 2.05) is 72.8 Å². The van der Waals surface area contributed by atoms with Gasteiger partial charge in [0, 0.05) is 11.8 Å². The van der Waals surface area contributed by atoms with E-state index in [1.54, 1.807) is 12.1 Å². The molecule has 0 aliphatic carbocycles. The van der Waals surface area contributed by atoms with Crippen LogP contribution in [0.25, 0.3) is 0 Å². The van der Waals surface area contributed by atoms with E-state index in [1.165, 1.54) is 0 Å². The molecule has 0 aliphatic heterocycles. The highest BCUT2D eigenvalue weighted by Crippen LogP contribution is 2.37. The number of hydrogen-bond acceptors (Lipinski definition) is 0. The smallest absolute Gasteiger partial charge is 0.123 e. The van der Waals surface area contributed by atoms with Crippen molar-refractivity contribution in [2.24, 2.45) is 0 Å². The lowest BCUT2D eigenvalue weighted by Crippen LogP contribution is -2.08. The molecule has 0 spiro atoms. The standard InChI is InChI=1S/C32H25F/c33-30-22-28(31(24-13-5-1-6-14-24)25-15-7-2-8-16-25)21-29(23-30)32(26-17-9-3-10-18-26)27-19-11-4-12-20-27/h1-23,31-32H. The second kappa shape index (κ2) is 9.67. The van der Waals surface area contributed by atoms with Crippen LogP contribution >= 0.6 is 0 Å². The summed E-state index contributed by atoms with van der Waals surface area (Å²) in [5.74, 6) is -0.306. The molecule has 0 N–H and O–H groups in total. The maximum absolute atomic E-state index is 15.2. The van der Waals surface area contributed by atoms with Crippen LogP contribution in [-0.4, -0.2) is 0 Å². The molecule has 0 atom stereocenters. The quantitative estimate of drug-likeness (QED) is 0.239. The van der Waals surface area contributed by atoms with Crippen LogP contribution < -0.4 is 0 Å². The molecule has 0 unspecified atom stereocenters. The average Bonchev–Trinajstić information content (AvgIpc) is 2.87. The van der Waals surface area contributed by atoms with Crippen LogP contribution in [0, 0.1) is 5.82 Å². The Morgan fingerprint density at radius 1 is 0.333 bits per heavy atom. The van der Waals surface area contributed by atoms with E-state index < -0.39 is 0 Å². The first-order valence-corrected chi connectivity index (χ1v) is 11.3. The van der Waals surface area contributed by atoms with Gasteiger partial charge in [0.25, 0.3) is 0 Å². The molecule has 0 aliphatic rings. The number of halogens is 1. The van der Waals surface area contributed by atoms with E-state index >= 15 is 4.39 Å². The summed E-state index contributed by atoms with van der Waals surface area (Å²) in [5, 5.41) is 0. The summed E-state index contributed by atoms with van der Waals surface area (Å²) in [5.41, 5.74) is 6.51. The van der Waals surface area contributed by atoms with Gasteiger partial charge in [-0.05, 0) is 45.5 Å². The van der Waals surface area contributed by atoms with Crippen molar-refractivity contribution in [2.45, 2.75) is 11.8 Å². The van der Waals surface area contributed by atoms with Crippen molar-refractivity contribution in [3.63, 3.8) is 0 Å². The van der Waals surface area contributed by atoms with Crippen molar-refractivity contribution in [2.75, 3.05) is 0 Å². The van der Waals surface area contributed by atoms with E-state index in [4.69, 9.17) is 0 Å². The van der Waals surface area contributed by atoms with Gasteiger partial charge >= 0.3 is 0 Å². The normalized spacial score (nSPS) is 11.1. The monoisotopic (exact) mass is 428 g/mol. The molecule has 33 heavy (non-hydrogen) atoms. The molecule has 0 saturated carbocycles. The van der Waals surface area contributed by atoms with Crippen LogP contribution in [-0.2, 0) is 0 Å². The fourth-order valence-corrected chi connectivity index (χ4v) is 4.71. The van der Waals surface area contributed by atoms with E-state index in [9.17, 15) is 0 Å². The molecular formula is C32H25F. The van der Waals surface area contributed by atoms with Gasteiger partial charge in [0.15, 0.2) is 0 Å². The molecule has 0 fully saturated rings. The largest absolute Gasteiger partial charge is 0.207 e. The Morgan fingerprint density at radius 3 is 0.879 bits per heavy atom. The van der Waals surface area contributed by atoms with Crippen molar-refractivity contribution < 1.29 is 4.39 Å². The van der Waals surface area contributed by atoms with Gasteiger partial charge in [-0.3, -0.25) is 0 Å². The van der Waals surface area contributed by atoms with Crippen LogP contribution in [0.2, 0.25) is 0 Å². The first kappa shape index (κ1) is 20.9. The summed E-state index contributed by atoms with van der Waals surface area (Å²) in [7, 11) is 0. The molecular weight excluding hydrogens is 403 g/mol. The van der Waals surface area contributed by atoms with Gasteiger partial charge in [-0.25, -0.2) is 4.39 Å². The van der Waals surface area contributed by atoms with E-state index in [2.05, 4.69) is 54.6 Å². The summed E-state index contributed by atoms with van der Waals surface area (Å²) < 4.78 is 15.2. The highest BCUT2D eigenvalue weighted by atomic mass is 19.1. The molecule has 0 heterocycles. The number of rotatable bonds is 6. The molecule has 5 aromatic rings. The summed E-state index contributed by atoms with van der Waals surface area (Å²) in [6.07, 6.45) is 0. The molecule has 160 valence electrons. The van der Waals surface area contributed by atoms with Crippen molar-refractivity contribution in [1.82, 2.24) is 0 Å². The molecule has 0 bridgehead atoms. The fraction of sp³-hybridized carbons (Fsp3) is 0.0625. The first-order chi connectivity index (χ1) is 16.3. The fourth-order valence-electron chi connectivity index (χ4n) is 4.71. The molecule has 5 rings (SSSR count). The highest BCUT2D eigenvalue weighted by Gasteiger charge is 2.22. The summed E-state index contributed by atoms with van der Waals surface area (Å²) >= 11 is 0. The first-order valence-electron chi connectivity index (χ1n) is 11.3. The Labute approximate surface area is 195 Å². The number of hydrogen-bond donors (Lipinski definition) is 0. The molecule has 0 amide bonds. The van der Waals surface area contributed by atoms with Crippen LogP contribution in [0.3, 0.4) is 0 Å². The minimum absolute atomic E-state index is 0.0472. The van der Waals surface area contributed by atoms with E-state index in [0.29, 0.717) is 0 Å². The predicted octanol–water partition coefficient (Wildman–Crippen LogP) is 8.19. The third-order valence-electron chi connectivity index (χ3n) is 6.14. The Hall–Kier alpha value is -3.97. The molecule has 0 nitrogen and oxygen atoms in total. The van der Waals surface area contributed by atoms with E-state index in [0.717, 1.165) is 33.4 Å². The Kier molecular flexibility index (Phi) is 6.12. The number of benzene rings is 5. The van der Waals surface area contributed by atoms with E-state index in [-0.39, 0.29) is 17.7 Å². The maximum atomic E-state index is 15.2. The van der Waals surface area contributed by atoms with Gasteiger partial charge in [0.2, 0.25) is 0 Å². The van der Waals surface area contributed by atoms with Crippen molar-refractivity contribution in [3.05, 3.63) is 179 Å². The second-order valence-corrected chi connectivity index (χ2v) is 8.33. The van der Waals surface area contributed by atoms with Gasteiger partial charge in [0.05, 0.1) is 0 Å². The minimum atomic E-state index is -0.212. The van der Waals surface area contributed by atoms with Gasteiger partial charge in [-0.15, -0.1) is 0 Å². The van der Waals surface area contributed by atoms with Crippen molar-refractivity contribution in [3.8, 4) is 0 Å². The van der Waals surface area contributed by atoms with Gasteiger partial charge in [0.1, 0.15) is 5.82 Å². The van der Waals surface area contributed by atoms with Crippen molar-refractivity contribution in [1.29, 1.82) is 0 Å². The lowest BCUT2D eigenvalue weighted by atomic mass is 9.80. The zero-order chi connectivity index (χ0) is 22.5. The maximum Gasteiger partial charge on any atom is 0.123 e. The molecule has 0 radical (unpaired) electrons. The zero-order valence-electron chi connectivity index (χ0n) is 18.3. The van der Waals surface area contributed by atoms with Gasteiger partial charge in [-0.2, -0.15) is 0 Å². The summed E-state index contributed by atoms with van der Waals surface area (Å²) in [6, 6.07) is 46.9. The Bertz CT molecular complexity index is 1120.